The number of nitrogens with zero attached hydrogens (tertiary/aromatic N) is 1. The van der Waals surface area contributed by atoms with Crippen LogP contribution in [0.3, 0.4) is 0 Å². The zero-order chi connectivity index (χ0) is 24.2. The Morgan fingerprint density at radius 3 is 2.33 bits per heavy atom. The van der Waals surface area contributed by atoms with Gasteiger partial charge >= 0.3 is 0 Å². The van der Waals surface area contributed by atoms with Crippen LogP contribution < -0.4 is 0 Å². The minimum absolute atomic E-state index is 0.0588. The van der Waals surface area contributed by atoms with E-state index in [0.717, 1.165) is 29.5 Å². The van der Waals surface area contributed by atoms with Crippen molar-refractivity contribution in [2.24, 2.45) is 11.3 Å². The van der Waals surface area contributed by atoms with Crippen LogP contribution in [0.1, 0.15) is 58.1 Å². The summed E-state index contributed by atoms with van der Waals surface area (Å²) < 4.78 is 30.5. The highest BCUT2D eigenvalue weighted by Crippen LogP contribution is 2.37. The number of amides is 1. The molecule has 1 aromatic carbocycles. The number of carbonyl (C=O) groups excluding carboxylic acids is 1. The lowest BCUT2D eigenvalue weighted by atomic mass is 9.75. The molecule has 182 valence electrons. The van der Waals surface area contributed by atoms with Gasteiger partial charge in [-0.3, -0.25) is 4.79 Å². The number of benzene rings is 1. The molecule has 0 bridgehead atoms. The molecule has 0 aromatic heterocycles. The first kappa shape index (κ1) is 25.7. The molecule has 1 aliphatic heterocycles. The molecule has 3 rings (SSSR count). The van der Waals surface area contributed by atoms with Crippen LogP contribution in [-0.2, 0) is 32.4 Å². The van der Waals surface area contributed by atoms with Gasteiger partial charge in [0.15, 0.2) is 9.84 Å². The zero-order valence-electron chi connectivity index (χ0n) is 20.7. The molecule has 0 radical (unpaired) electrons. The van der Waals surface area contributed by atoms with Crippen LogP contribution in [0.2, 0.25) is 0 Å². The Bertz CT molecular complexity index is 986. The molecule has 0 saturated carbocycles. The van der Waals surface area contributed by atoms with Crippen molar-refractivity contribution in [2.75, 3.05) is 19.4 Å². The molecule has 1 aromatic rings. The summed E-state index contributed by atoms with van der Waals surface area (Å²) >= 11 is 0. The summed E-state index contributed by atoms with van der Waals surface area (Å²) in [6.45, 7) is 9.54. The SMILES string of the molecule is CCS(=O)(=O)C1CC(=O)N(CCc2ccc(COC)cc2)C(C2=CCC(C(C)(C)C)C=C2)C1. The third-order valence-electron chi connectivity index (χ3n) is 7.10. The van der Waals surface area contributed by atoms with Gasteiger partial charge in [0.1, 0.15) is 0 Å². The summed E-state index contributed by atoms with van der Waals surface area (Å²) in [5, 5.41) is -0.598. The molecular formula is C27H39NO4S. The lowest BCUT2D eigenvalue weighted by Gasteiger charge is -2.41. The van der Waals surface area contributed by atoms with Crippen LogP contribution in [0.25, 0.3) is 0 Å². The predicted octanol–water partition coefficient (Wildman–Crippen LogP) is 4.72. The first-order valence-electron chi connectivity index (χ1n) is 12.0. The number of piperidine rings is 1. The van der Waals surface area contributed by atoms with E-state index >= 15 is 0 Å². The van der Waals surface area contributed by atoms with Crippen molar-refractivity contribution < 1.29 is 17.9 Å². The van der Waals surface area contributed by atoms with Gasteiger partial charge in [-0.15, -0.1) is 0 Å². The summed E-state index contributed by atoms with van der Waals surface area (Å²) in [7, 11) is -1.59. The average Bonchev–Trinajstić information content (AvgIpc) is 2.78. The fraction of sp³-hybridized carbons (Fsp3) is 0.593. The average molecular weight is 474 g/mol. The quantitative estimate of drug-likeness (QED) is 0.548. The summed E-state index contributed by atoms with van der Waals surface area (Å²) in [4.78, 5) is 15.1. The second kappa shape index (κ2) is 10.6. The monoisotopic (exact) mass is 473 g/mol. The van der Waals surface area contributed by atoms with Gasteiger partial charge in [0.25, 0.3) is 0 Å². The number of hydrogen-bond acceptors (Lipinski definition) is 4. The molecule has 0 N–H and O–H groups in total. The molecule has 2 aliphatic rings. The molecule has 5 nitrogen and oxygen atoms in total. The topological polar surface area (TPSA) is 63.7 Å². The fourth-order valence-corrected chi connectivity index (χ4v) is 6.14. The second-order valence-electron chi connectivity index (χ2n) is 10.4. The smallest absolute Gasteiger partial charge is 0.224 e. The van der Waals surface area contributed by atoms with Gasteiger partial charge in [-0.25, -0.2) is 8.42 Å². The van der Waals surface area contributed by atoms with Crippen molar-refractivity contribution in [1.82, 2.24) is 4.90 Å². The Morgan fingerprint density at radius 2 is 1.79 bits per heavy atom. The van der Waals surface area contributed by atoms with Gasteiger partial charge in [-0.2, -0.15) is 0 Å². The first-order valence-corrected chi connectivity index (χ1v) is 13.7. The summed E-state index contributed by atoms with van der Waals surface area (Å²) in [6, 6.07) is 8.07. The Hall–Kier alpha value is -1.92. The number of methoxy groups -OCH3 is 1. The maximum absolute atomic E-state index is 13.2. The molecule has 3 unspecified atom stereocenters. The number of ether oxygens (including phenoxy) is 1. The van der Waals surface area contributed by atoms with Crippen LogP contribution in [0.15, 0.2) is 48.1 Å². The lowest BCUT2D eigenvalue weighted by molar-refractivity contribution is -0.135. The van der Waals surface area contributed by atoms with E-state index in [2.05, 4.69) is 63.3 Å². The predicted molar refractivity (Wildman–Crippen MR) is 134 cm³/mol. The van der Waals surface area contributed by atoms with E-state index in [9.17, 15) is 13.2 Å². The van der Waals surface area contributed by atoms with Crippen LogP contribution in [0.5, 0.6) is 0 Å². The fourth-order valence-electron chi connectivity index (χ4n) is 4.80. The van der Waals surface area contributed by atoms with Crippen molar-refractivity contribution >= 4 is 15.7 Å². The number of carbonyl (C=O) groups is 1. The molecular weight excluding hydrogens is 434 g/mol. The largest absolute Gasteiger partial charge is 0.380 e. The van der Waals surface area contributed by atoms with Gasteiger partial charge in [0.2, 0.25) is 5.91 Å². The molecule has 3 atom stereocenters. The van der Waals surface area contributed by atoms with Crippen molar-refractivity contribution in [1.29, 1.82) is 0 Å². The Kier molecular flexibility index (Phi) is 8.22. The van der Waals surface area contributed by atoms with E-state index in [4.69, 9.17) is 4.74 Å². The molecule has 1 aliphatic carbocycles. The highest BCUT2D eigenvalue weighted by atomic mass is 32.2. The molecule has 1 amide bonds. The second-order valence-corrected chi connectivity index (χ2v) is 13.0. The van der Waals surface area contributed by atoms with Gasteiger partial charge in [0.05, 0.1) is 17.9 Å². The lowest BCUT2D eigenvalue weighted by Crippen LogP contribution is -2.51. The maximum Gasteiger partial charge on any atom is 0.224 e. The highest BCUT2D eigenvalue weighted by molar-refractivity contribution is 7.92. The van der Waals surface area contributed by atoms with Crippen LogP contribution in [0, 0.1) is 11.3 Å². The van der Waals surface area contributed by atoms with Crippen molar-refractivity contribution in [3.63, 3.8) is 0 Å². The number of likely N-dealkylation sites (tertiary alicyclic amines) is 1. The molecule has 1 heterocycles. The first-order chi connectivity index (χ1) is 15.5. The van der Waals surface area contributed by atoms with Crippen LogP contribution in [-0.4, -0.2) is 49.9 Å². The minimum atomic E-state index is -3.27. The summed E-state index contributed by atoms with van der Waals surface area (Å²) in [5.74, 6) is 0.457. The van der Waals surface area contributed by atoms with Crippen molar-refractivity contribution in [3.8, 4) is 0 Å². The molecule has 6 heteroatoms. The normalized spacial score (nSPS) is 24.2. The van der Waals surface area contributed by atoms with E-state index in [0.29, 0.717) is 25.5 Å². The third-order valence-corrected chi connectivity index (χ3v) is 9.28. The third kappa shape index (κ3) is 6.36. The minimum Gasteiger partial charge on any atom is -0.380 e. The van der Waals surface area contributed by atoms with E-state index in [-0.39, 0.29) is 29.5 Å². The Balaban J connectivity index is 1.80. The van der Waals surface area contributed by atoms with Crippen LogP contribution in [0.4, 0.5) is 0 Å². The van der Waals surface area contributed by atoms with E-state index in [1.807, 2.05) is 4.90 Å². The van der Waals surface area contributed by atoms with E-state index in [1.54, 1.807) is 14.0 Å². The number of hydrogen-bond donors (Lipinski definition) is 0. The number of rotatable bonds is 8. The number of allylic oxidation sites excluding steroid dienone is 2. The van der Waals surface area contributed by atoms with Gasteiger partial charge in [-0.05, 0) is 47.3 Å². The molecule has 33 heavy (non-hydrogen) atoms. The zero-order valence-corrected chi connectivity index (χ0v) is 21.5. The highest BCUT2D eigenvalue weighted by Gasteiger charge is 2.40. The van der Waals surface area contributed by atoms with Crippen molar-refractivity contribution in [3.05, 3.63) is 59.2 Å². The van der Waals surface area contributed by atoms with Gasteiger partial charge in [-0.1, -0.05) is 70.2 Å². The summed E-state index contributed by atoms with van der Waals surface area (Å²) in [6.07, 6.45) is 8.81. The van der Waals surface area contributed by atoms with Crippen molar-refractivity contribution in [2.45, 2.75) is 71.3 Å². The summed E-state index contributed by atoms with van der Waals surface area (Å²) in [5.41, 5.74) is 3.52. The van der Waals surface area contributed by atoms with Gasteiger partial charge in [0, 0.05) is 25.8 Å². The Morgan fingerprint density at radius 1 is 1.12 bits per heavy atom. The molecule has 1 saturated heterocycles. The molecule has 0 spiro atoms. The standard InChI is InChI=1S/C27H39NO4S/c1-6-33(30,31)24-17-25(22-11-13-23(14-12-22)27(2,3)4)28(26(29)18-24)16-15-20-7-9-21(10-8-20)19-32-5/h7-13,23-25H,6,14-19H2,1-5H3. The number of sulfone groups is 1. The van der Waals surface area contributed by atoms with Gasteiger partial charge < -0.3 is 9.64 Å². The van der Waals surface area contributed by atoms with Crippen LogP contribution >= 0.6 is 0 Å². The Labute approximate surface area is 199 Å². The van der Waals surface area contributed by atoms with E-state index < -0.39 is 15.1 Å². The molecule has 1 fully saturated rings. The van der Waals surface area contributed by atoms with E-state index in [1.165, 1.54) is 0 Å². The maximum atomic E-state index is 13.2.